The van der Waals surface area contributed by atoms with Crippen molar-refractivity contribution in [1.82, 2.24) is 16.0 Å². The van der Waals surface area contributed by atoms with E-state index in [9.17, 15) is 54.3 Å². The van der Waals surface area contributed by atoms with Crippen LogP contribution in [0.15, 0.2) is 12.2 Å². The van der Waals surface area contributed by atoms with Gasteiger partial charge >= 0.3 is 17.9 Å². The summed E-state index contributed by atoms with van der Waals surface area (Å²) in [6, 6.07) is 0. The summed E-state index contributed by atoms with van der Waals surface area (Å²) in [6.45, 7) is 5.05. The number of halogens is 3. The summed E-state index contributed by atoms with van der Waals surface area (Å²) >= 11 is 17.3. The van der Waals surface area contributed by atoms with Crippen LogP contribution in [0.2, 0.25) is 0 Å². The van der Waals surface area contributed by atoms with Gasteiger partial charge in [0, 0.05) is 35.4 Å². The molecule has 19 atom stereocenters. The van der Waals surface area contributed by atoms with Gasteiger partial charge in [0.25, 0.3) is 0 Å². The quantitative estimate of drug-likeness (QED) is 0.0457. The second kappa shape index (κ2) is 19.7. The maximum atomic E-state index is 12.3. The first kappa shape index (κ1) is 54.5. The molecule has 0 bridgehead atoms. The van der Waals surface area contributed by atoms with Gasteiger partial charge in [0.2, 0.25) is 34.3 Å². The van der Waals surface area contributed by atoms with Crippen LogP contribution in [0, 0.1) is 35.5 Å². The molecule has 0 spiro atoms. The number of epoxide rings is 1. The molecule has 0 aromatic rings. The Balaban J connectivity index is 0.000000166. The Morgan fingerprint density at radius 2 is 1.01 bits per heavy atom. The Morgan fingerprint density at radius 1 is 0.603 bits per heavy atom. The van der Waals surface area contributed by atoms with Gasteiger partial charge in [-0.05, 0) is 85.0 Å². The average molecular weight is 1020 g/mol. The lowest BCUT2D eigenvalue weighted by Gasteiger charge is -2.55. The Morgan fingerprint density at radius 3 is 1.43 bits per heavy atom. The van der Waals surface area contributed by atoms with Crippen LogP contribution in [0.5, 0.6) is 0 Å². The minimum Gasteiger partial charge on any atom is -0.453 e. The molecule has 21 heteroatoms. The van der Waals surface area contributed by atoms with Crippen LogP contribution >= 0.6 is 34.8 Å². The van der Waals surface area contributed by atoms with Crippen molar-refractivity contribution >= 4 is 70.4 Å². The van der Waals surface area contributed by atoms with Crippen molar-refractivity contribution in [2.75, 3.05) is 17.6 Å². The van der Waals surface area contributed by atoms with Gasteiger partial charge in [0.1, 0.15) is 0 Å². The van der Waals surface area contributed by atoms with Gasteiger partial charge in [-0.2, -0.15) is 0 Å². The number of carbonyl (C=O) groups excluding carboxylic acids is 6. The van der Waals surface area contributed by atoms with Gasteiger partial charge in [-0.3, -0.25) is 14.4 Å². The summed E-state index contributed by atoms with van der Waals surface area (Å²) in [5, 5.41) is 60.8. The molecule has 3 aliphatic carbocycles. The molecule has 2 saturated carbocycles. The Labute approximate surface area is 412 Å². The summed E-state index contributed by atoms with van der Waals surface area (Å²) in [6.07, 6.45) is 6.99. The molecule has 0 aromatic carbocycles. The molecule has 7 aliphatic heterocycles. The van der Waals surface area contributed by atoms with Crippen molar-refractivity contribution in [3.8, 4) is 0 Å². The Kier molecular flexibility index (Phi) is 15.8. The SMILES string of the molecule is C.C.C[C@@]12OC(=O)[C@]1([C@@H](O)[C@@H]1C=CCCC1)NC(=O)[C@@H]2CCCl.C[C@@]12OC(=O)[C@]1([C@@H](O)[C@H]1CCCC(O)C1O)NC(=O)[C@@H]2CCCl.C[C@@]12OC(=O)[C@]1([C@@H](O)[C@H]1CCCC3OC31)NC(=O)[C@@H]2CCCl. The zero-order valence-electron chi connectivity index (χ0n) is 37.2. The number of amides is 3. The summed E-state index contributed by atoms with van der Waals surface area (Å²) in [5.74, 6) is -4.52. The molecule has 384 valence electrons. The van der Waals surface area contributed by atoms with Crippen molar-refractivity contribution in [2.24, 2.45) is 35.5 Å². The third kappa shape index (κ3) is 7.61. The predicted molar refractivity (Wildman–Crippen MR) is 246 cm³/mol. The van der Waals surface area contributed by atoms with Gasteiger partial charge in [-0.1, -0.05) is 39.8 Å². The highest BCUT2D eigenvalue weighted by molar-refractivity contribution is 6.18. The number of hydrogen-bond donors (Lipinski definition) is 8. The number of nitrogens with one attached hydrogen (secondary N) is 3. The molecule has 0 radical (unpaired) electrons. The molecule has 68 heavy (non-hydrogen) atoms. The van der Waals surface area contributed by atoms with Crippen molar-refractivity contribution in [3.05, 3.63) is 12.2 Å². The fraction of sp³-hybridized carbons (Fsp3) is 0.830. The first-order chi connectivity index (χ1) is 31.2. The lowest BCUT2D eigenvalue weighted by atomic mass is 9.63. The summed E-state index contributed by atoms with van der Waals surface area (Å²) in [7, 11) is 0. The maximum absolute atomic E-state index is 12.3. The van der Waals surface area contributed by atoms with E-state index in [1.165, 1.54) is 0 Å². The van der Waals surface area contributed by atoms with E-state index < -0.39 is 106 Å². The zero-order valence-corrected chi connectivity index (χ0v) is 39.5. The van der Waals surface area contributed by atoms with Crippen LogP contribution in [0.4, 0.5) is 0 Å². The van der Waals surface area contributed by atoms with Gasteiger partial charge in [-0.25, -0.2) is 14.4 Å². The topological polar surface area (TPSA) is 280 Å². The van der Waals surface area contributed by atoms with Crippen LogP contribution in [0.25, 0.3) is 0 Å². The predicted octanol–water partition coefficient (Wildman–Crippen LogP) is 2.05. The minimum absolute atomic E-state index is 0. The van der Waals surface area contributed by atoms with E-state index in [4.69, 9.17) is 53.8 Å². The number of esters is 3. The van der Waals surface area contributed by atoms with E-state index >= 15 is 0 Å². The van der Waals surface area contributed by atoms with Crippen molar-refractivity contribution < 1.29 is 73.2 Å². The van der Waals surface area contributed by atoms with Gasteiger partial charge in [0.05, 0.1) is 60.5 Å². The van der Waals surface area contributed by atoms with E-state index in [2.05, 4.69) is 16.0 Å². The maximum Gasteiger partial charge on any atom is 0.339 e. The monoisotopic (exact) mass is 1020 g/mol. The highest BCUT2D eigenvalue weighted by atomic mass is 35.5. The lowest BCUT2D eigenvalue weighted by Crippen LogP contribution is -2.80. The lowest BCUT2D eigenvalue weighted by molar-refractivity contribution is -0.245. The molecule has 0 aromatic heterocycles. The Bertz CT molecular complexity index is 2020. The number of aliphatic hydroxyl groups excluding tert-OH is 5. The molecule has 18 nitrogen and oxygen atoms in total. The van der Waals surface area contributed by atoms with E-state index in [1.54, 1.807) is 20.8 Å². The average Bonchev–Trinajstić information content (AvgIpc) is 4.00. The second-order valence-electron chi connectivity index (χ2n) is 20.2. The van der Waals surface area contributed by atoms with Gasteiger partial charge in [0.15, 0.2) is 16.8 Å². The zero-order chi connectivity index (χ0) is 47.9. The molecular weight excluding hydrogens is 953 g/mol. The molecule has 7 heterocycles. The van der Waals surface area contributed by atoms with Gasteiger partial charge < -0.3 is 60.4 Å². The molecule has 3 amide bonds. The van der Waals surface area contributed by atoms with Crippen LogP contribution in [-0.4, -0.2) is 155 Å². The highest BCUT2D eigenvalue weighted by Gasteiger charge is 2.82. The first-order valence-electron chi connectivity index (χ1n) is 23.3. The summed E-state index contributed by atoms with van der Waals surface area (Å²) in [4.78, 5) is 73.5. The normalized spacial score (nSPS) is 45.5. The number of rotatable bonds is 12. The largest absolute Gasteiger partial charge is 0.453 e. The molecule has 8 N–H and O–H groups in total. The highest BCUT2D eigenvalue weighted by Crippen LogP contribution is 2.57. The number of hydrogen-bond acceptors (Lipinski definition) is 15. The Hall–Kier alpha value is -2.81. The number of carbonyl (C=O) groups is 6. The minimum atomic E-state index is -1.58. The van der Waals surface area contributed by atoms with Crippen molar-refractivity contribution in [1.29, 1.82) is 0 Å². The fourth-order valence-corrected chi connectivity index (χ4v) is 13.8. The number of fused-ring (bicyclic) bond motifs is 4. The second-order valence-corrected chi connectivity index (χ2v) is 21.4. The first-order valence-corrected chi connectivity index (χ1v) is 24.9. The van der Waals surface area contributed by atoms with E-state index in [0.29, 0.717) is 50.3 Å². The van der Waals surface area contributed by atoms with Crippen LogP contribution in [-0.2, 0) is 47.7 Å². The number of ether oxygens (including phenoxy) is 4. The van der Waals surface area contributed by atoms with Gasteiger partial charge in [-0.15, -0.1) is 34.8 Å². The van der Waals surface area contributed by atoms with E-state index in [1.807, 2.05) is 12.2 Å². The molecule has 10 aliphatic rings. The molecular formula is C47H70Cl3N3O15. The third-order valence-corrected chi connectivity index (χ3v) is 17.8. The number of alkyl halides is 3. The molecule has 7 saturated heterocycles. The molecule has 10 rings (SSSR count). The number of allylic oxidation sites excluding steroid dienone is 1. The molecule has 9 fully saturated rings. The van der Waals surface area contributed by atoms with Crippen molar-refractivity contribution in [2.45, 2.75) is 189 Å². The van der Waals surface area contributed by atoms with E-state index in [0.717, 1.165) is 38.5 Å². The van der Waals surface area contributed by atoms with Crippen LogP contribution < -0.4 is 16.0 Å². The molecule has 4 unspecified atom stereocenters. The number of aliphatic hydroxyl groups is 5. The van der Waals surface area contributed by atoms with E-state index in [-0.39, 0.29) is 62.5 Å². The standard InChI is InChI=1S/C15H22ClNO6.C15H20ClNO5.C15H20ClNO4.2CH4/c1-14-8(5-6-16)12(21)17-15(14,13(22)23-14)11(20)7-3-2-4-9(18)10(7)19;1-14-8(5-6-16)12(19)17-15(14,13(20)22-14)11(18)7-3-2-4-9-10(7)21-9;1-14-10(7-8-16)12(19)17-15(14,13(20)21-14)11(18)9-5-3-2-4-6-9;;/h7-11,18-20H,2-6H2,1H3,(H,17,21);7-11,18H,2-6H2,1H3,(H,17,19);3,5,9-11,18H,2,4,6-8H2,1H3,(H,17,19);2*1H4/t2*7-,8-,9?,10?,11-,14-,15-;9-,10+,11+,14+,15+;;/m001../s1. The fourth-order valence-electron chi connectivity index (χ4n) is 13.1. The smallest absolute Gasteiger partial charge is 0.339 e. The van der Waals surface area contributed by atoms with Crippen LogP contribution in [0.3, 0.4) is 0 Å². The van der Waals surface area contributed by atoms with Crippen molar-refractivity contribution in [3.63, 3.8) is 0 Å². The van der Waals surface area contributed by atoms with Crippen LogP contribution in [0.1, 0.15) is 113 Å². The summed E-state index contributed by atoms with van der Waals surface area (Å²) < 4.78 is 21.6. The summed E-state index contributed by atoms with van der Waals surface area (Å²) in [5.41, 5.74) is -7.49. The third-order valence-electron chi connectivity index (χ3n) is 17.1.